The van der Waals surface area contributed by atoms with Gasteiger partial charge in [-0.1, -0.05) is 11.6 Å². The molecule has 0 bridgehead atoms. The van der Waals surface area contributed by atoms with Crippen molar-refractivity contribution in [1.82, 2.24) is 15.0 Å². The Morgan fingerprint density at radius 3 is 2.52 bits per heavy atom. The van der Waals surface area contributed by atoms with Gasteiger partial charge >= 0.3 is 6.01 Å². The van der Waals surface area contributed by atoms with Gasteiger partial charge in [0.15, 0.2) is 0 Å². The number of hydrogen-bond donors (Lipinski definition) is 2. The molecule has 0 fully saturated rings. The number of rotatable bonds is 6. The van der Waals surface area contributed by atoms with E-state index >= 15 is 0 Å². The van der Waals surface area contributed by atoms with E-state index in [-0.39, 0.29) is 6.01 Å². The van der Waals surface area contributed by atoms with Crippen molar-refractivity contribution < 1.29 is 9.47 Å². The number of methoxy groups -OCH3 is 2. The number of halogens is 1. The molecule has 0 amide bonds. The minimum atomic E-state index is 0.212. The molecule has 0 atom stereocenters. The molecule has 1 heterocycles. The molecular formula is C13H16ClN5O2. The monoisotopic (exact) mass is 309 g/mol. The lowest BCUT2D eigenvalue weighted by Gasteiger charge is -2.11. The van der Waals surface area contributed by atoms with E-state index in [1.807, 2.05) is 6.92 Å². The predicted octanol–water partition coefficient (Wildman–Crippen LogP) is 2.72. The SMILES string of the molecule is CCNc1nc(Nc2cc(Cl)ccc2OC)nc(OC)n1. The summed E-state index contributed by atoms with van der Waals surface area (Å²) in [5.41, 5.74) is 0.653. The van der Waals surface area contributed by atoms with E-state index in [4.69, 9.17) is 21.1 Å². The third kappa shape index (κ3) is 3.85. The smallest absolute Gasteiger partial charge is 0.322 e. The maximum Gasteiger partial charge on any atom is 0.322 e. The average molecular weight is 310 g/mol. The van der Waals surface area contributed by atoms with Crippen molar-refractivity contribution in [2.45, 2.75) is 6.92 Å². The van der Waals surface area contributed by atoms with Crippen molar-refractivity contribution in [3.05, 3.63) is 23.2 Å². The van der Waals surface area contributed by atoms with Crippen LogP contribution < -0.4 is 20.1 Å². The highest BCUT2D eigenvalue weighted by molar-refractivity contribution is 6.30. The fourth-order valence-corrected chi connectivity index (χ4v) is 1.81. The van der Waals surface area contributed by atoms with E-state index < -0.39 is 0 Å². The molecule has 7 nitrogen and oxygen atoms in total. The minimum absolute atomic E-state index is 0.212. The first-order valence-corrected chi connectivity index (χ1v) is 6.68. The second-order valence-corrected chi connectivity index (χ2v) is 4.41. The molecular weight excluding hydrogens is 294 g/mol. The fraction of sp³-hybridized carbons (Fsp3) is 0.308. The quantitative estimate of drug-likeness (QED) is 0.849. The van der Waals surface area contributed by atoms with Crippen molar-refractivity contribution in [2.75, 3.05) is 31.4 Å². The molecule has 8 heteroatoms. The van der Waals surface area contributed by atoms with Crippen molar-refractivity contribution >= 4 is 29.2 Å². The highest BCUT2D eigenvalue weighted by Crippen LogP contribution is 2.29. The van der Waals surface area contributed by atoms with Gasteiger partial charge in [-0.2, -0.15) is 15.0 Å². The molecule has 2 N–H and O–H groups in total. The number of nitrogens with one attached hydrogen (secondary N) is 2. The predicted molar refractivity (Wildman–Crippen MR) is 81.8 cm³/mol. The molecule has 112 valence electrons. The summed E-state index contributed by atoms with van der Waals surface area (Å²) >= 11 is 5.99. The van der Waals surface area contributed by atoms with Gasteiger partial charge in [0.05, 0.1) is 19.9 Å². The van der Waals surface area contributed by atoms with Crippen LogP contribution in [0.2, 0.25) is 5.02 Å². The molecule has 2 rings (SSSR count). The highest BCUT2D eigenvalue weighted by Gasteiger charge is 2.10. The Morgan fingerprint density at radius 2 is 1.86 bits per heavy atom. The summed E-state index contributed by atoms with van der Waals surface area (Å²) < 4.78 is 10.3. The molecule has 0 aliphatic heterocycles. The first kappa shape index (κ1) is 15.1. The van der Waals surface area contributed by atoms with Crippen LogP contribution in [-0.4, -0.2) is 35.7 Å². The number of ether oxygens (including phenoxy) is 2. The van der Waals surface area contributed by atoms with Crippen molar-refractivity contribution in [1.29, 1.82) is 0 Å². The zero-order chi connectivity index (χ0) is 15.2. The van der Waals surface area contributed by atoms with Gasteiger partial charge in [-0.15, -0.1) is 0 Å². The molecule has 0 aliphatic rings. The molecule has 0 radical (unpaired) electrons. The van der Waals surface area contributed by atoms with Gasteiger partial charge in [0.1, 0.15) is 5.75 Å². The first-order valence-electron chi connectivity index (χ1n) is 6.30. The minimum Gasteiger partial charge on any atom is -0.495 e. The van der Waals surface area contributed by atoms with Gasteiger partial charge in [-0.05, 0) is 25.1 Å². The number of benzene rings is 1. The average Bonchev–Trinajstić information content (AvgIpc) is 2.47. The number of aromatic nitrogens is 3. The molecule has 0 saturated carbocycles. The van der Waals surface area contributed by atoms with Crippen LogP contribution in [0.1, 0.15) is 6.92 Å². The summed E-state index contributed by atoms with van der Waals surface area (Å²) in [7, 11) is 3.07. The molecule has 0 aliphatic carbocycles. The Kier molecular flexibility index (Phi) is 4.99. The van der Waals surface area contributed by atoms with Crippen LogP contribution in [-0.2, 0) is 0 Å². The van der Waals surface area contributed by atoms with Crippen molar-refractivity contribution in [3.8, 4) is 11.8 Å². The van der Waals surface area contributed by atoms with Crippen LogP contribution in [0.5, 0.6) is 11.8 Å². The van der Waals surface area contributed by atoms with Crippen LogP contribution in [0.25, 0.3) is 0 Å². The third-order valence-electron chi connectivity index (χ3n) is 2.54. The Labute approximate surface area is 127 Å². The second kappa shape index (κ2) is 6.94. The van der Waals surface area contributed by atoms with E-state index in [1.165, 1.54) is 7.11 Å². The summed E-state index contributed by atoms with van der Waals surface area (Å²) in [4.78, 5) is 12.5. The summed E-state index contributed by atoms with van der Waals surface area (Å²) in [6.07, 6.45) is 0. The Balaban J connectivity index is 2.34. The first-order chi connectivity index (χ1) is 10.2. The zero-order valence-corrected chi connectivity index (χ0v) is 12.7. The van der Waals surface area contributed by atoms with Gasteiger partial charge in [0.25, 0.3) is 0 Å². The van der Waals surface area contributed by atoms with Crippen molar-refractivity contribution in [2.24, 2.45) is 0 Å². The van der Waals surface area contributed by atoms with Gasteiger partial charge < -0.3 is 20.1 Å². The maximum atomic E-state index is 5.99. The van der Waals surface area contributed by atoms with Crippen LogP contribution in [0, 0.1) is 0 Å². The van der Waals surface area contributed by atoms with E-state index in [2.05, 4.69) is 25.6 Å². The highest BCUT2D eigenvalue weighted by atomic mass is 35.5. The Morgan fingerprint density at radius 1 is 1.10 bits per heavy atom. The second-order valence-electron chi connectivity index (χ2n) is 3.97. The van der Waals surface area contributed by atoms with Gasteiger partial charge in [-0.3, -0.25) is 0 Å². The molecule has 0 spiro atoms. The van der Waals surface area contributed by atoms with E-state index in [0.29, 0.717) is 34.9 Å². The molecule has 2 aromatic rings. The van der Waals surface area contributed by atoms with Gasteiger partial charge in [0, 0.05) is 11.6 Å². The van der Waals surface area contributed by atoms with Crippen LogP contribution in [0.3, 0.4) is 0 Å². The largest absolute Gasteiger partial charge is 0.495 e. The fourth-order valence-electron chi connectivity index (χ4n) is 1.64. The maximum absolute atomic E-state index is 5.99. The van der Waals surface area contributed by atoms with E-state index in [9.17, 15) is 0 Å². The molecule has 1 aromatic heterocycles. The lowest BCUT2D eigenvalue weighted by molar-refractivity contribution is 0.379. The number of nitrogens with zero attached hydrogens (tertiary/aromatic N) is 3. The summed E-state index contributed by atoms with van der Waals surface area (Å²) in [6, 6.07) is 5.44. The van der Waals surface area contributed by atoms with Crippen LogP contribution >= 0.6 is 11.6 Å². The summed E-state index contributed by atoms with van der Waals surface area (Å²) in [5.74, 6) is 1.38. The molecule has 1 aromatic carbocycles. The topological polar surface area (TPSA) is 81.2 Å². The lowest BCUT2D eigenvalue weighted by Crippen LogP contribution is -2.08. The third-order valence-corrected chi connectivity index (χ3v) is 2.78. The van der Waals surface area contributed by atoms with Crippen molar-refractivity contribution in [3.63, 3.8) is 0 Å². The standard InChI is InChI=1S/C13H16ClN5O2/c1-4-15-11-17-12(19-13(18-11)21-3)16-9-7-8(14)5-6-10(9)20-2/h5-7H,4H2,1-3H3,(H2,15,16,17,18,19). The summed E-state index contributed by atoms with van der Waals surface area (Å²) in [5, 5.41) is 6.63. The van der Waals surface area contributed by atoms with Crippen LogP contribution in [0.15, 0.2) is 18.2 Å². The molecule has 0 saturated heterocycles. The zero-order valence-electron chi connectivity index (χ0n) is 12.0. The molecule has 0 unspecified atom stereocenters. The van der Waals surface area contributed by atoms with E-state index in [1.54, 1.807) is 25.3 Å². The number of hydrogen-bond acceptors (Lipinski definition) is 7. The normalized spacial score (nSPS) is 10.1. The Hall–Kier alpha value is -2.28. The van der Waals surface area contributed by atoms with Gasteiger partial charge in [0.2, 0.25) is 11.9 Å². The summed E-state index contributed by atoms with van der Waals surface area (Å²) in [6.45, 7) is 2.64. The van der Waals surface area contributed by atoms with Gasteiger partial charge in [-0.25, -0.2) is 0 Å². The van der Waals surface area contributed by atoms with E-state index in [0.717, 1.165) is 0 Å². The molecule has 21 heavy (non-hydrogen) atoms. The number of anilines is 3. The Bertz CT molecular complexity index is 624. The van der Waals surface area contributed by atoms with Crippen LogP contribution in [0.4, 0.5) is 17.6 Å². The lowest BCUT2D eigenvalue weighted by atomic mass is 10.3.